The van der Waals surface area contributed by atoms with Gasteiger partial charge in [-0.05, 0) is 0 Å². The number of hydrogen-bond acceptors (Lipinski definition) is 1. The molecule has 0 rings (SSSR count). The predicted molar refractivity (Wildman–Crippen MR) is 25.4 cm³/mol. The summed E-state index contributed by atoms with van der Waals surface area (Å²) in [6, 6.07) is 0. The second-order valence-corrected chi connectivity index (χ2v) is 0.631. The smallest absolute Gasteiger partial charge is 0.195 e. The fourth-order valence-electron chi connectivity index (χ4n) is 0.102. The van der Waals surface area contributed by atoms with Gasteiger partial charge in [0.25, 0.3) is 0 Å². The maximum Gasteiger partial charge on any atom is 0.195 e. The van der Waals surface area contributed by atoms with Crippen LogP contribution in [0.5, 0.6) is 0 Å². The lowest BCUT2D eigenvalue weighted by atomic mass is 10.2. The molecule has 1 nitrogen and oxygen atoms in total. The summed E-state index contributed by atoms with van der Waals surface area (Å²) in [6.07, 6.45) is 0. The molecule has 0 aromatic carbocycles. The topological polar surface area (TPSA) is 26.0 Å². The van der Waals surface area contributed by atoms with Gasteiger partial charge in [0.15, 0.2) is 7.85 Å². The van der Waals surface area contributed by atoms with E-state index in [4.69, 9.17) is 5.73 Å². The summed E-state index contributed by atoms with van der Waals surface area (Å²) in [4.78, 5) is 0. The Bertz CT molecular complexity index is 59.0. The van der Waals surface area contributed by atoms with Crippen molar-refractivity contribution < 1.29 is 0 Å². The van der Waals surface area contributed by atoms with E-state index in [0.29, 0.717) is 6.54 Å². The van der Waals surface area contributed by atoms with Gasteiger partial charge in [-0.15, -0.1) is 5.92 Å². The van der Waals surface area contributed by atoms with Crippen molar-refractivity contribution in [2.24, 2.45) is 5.73 Å². The highest BCUT2D eigenvalue weighted by Gasteiger charge is 1.47. The molecule has 0 aliphatic rings. The summed E-state index contributed by atoms with van der Waals surface area (Å²) in [6.45, 7) is 0.483. The standard InChI is InChI=1S/C3H6BN/c4-2-1-3-5/h3-5H2. The van der Waals surface area contributed by atoms with Gasteiger partial charge in [0.05, 0.1) is 6.54 Å². The van der Waals surface area contributed by atoms with Crippen LogP contribution in [0.15, 0.2) is 0 Å². The minimum absolute atomic E-state index is 0.483. The van der Waals surface area contributed by atoms with Crippen LogP contribution >= 0.6 is 0 Å². The molecule has 0 saturated heterocycles. The van der Waals surface area contributed by atoms with Crippen LogP contribution in [0.3, 0.4) is 0 Å². The van der Waals surface area contributed by atoms with Crippen LogP contribution < -0.4 is 5.73 Å². The van der Waals surface area contributed by atoms with Crippen molar-refractivity contribution >= 4 is 7.85 Å². The van der Waals surface area contributed by atoms with Crippen molar-refractivity contribution in [2.75, 3.05) is 6.54 Å². The zero-order valence-corrected chi connectivity index (χ0v) is 3.28. The van der Waals surface area contributed by atoms with Gasteiger partial charge >= 0.3 is 0 Å². The Balaban J connectivity index is 2.81. The summed E-state index contributed by atoms with van der Waals surface area (Å²) < 4.78 is 0. The largest absolute Gasteiger partial charge is 0.320 e. The third-order valence-corrected chi connectivity index (χ3v) is 0.279. The van der Waals surface area contributed by atoms with Crippen LogP contribution in [0.1, 0.15) is 0 Å². The molecule has 2 heteroatoms. The Kier molecular flexibility index (Phi) is 3.29. The average molecular weight is 66.9 g/mol. The number of nitrogens with two attached hydrogens (primary N) is 1. The molecule has 0 saturated carbocycles. The second-order valence-electron chi connectivity index (χ2n) is 0.631. The third kappa shape index (κ3) is 3.58. The van der Waals surface area contributed by atoms with E-state index in [1.165, 1.54) is 0 Å². The van der Waals surface area contributed by atoms with E-state index in [1.807, 2.05) is 0 Å². The Morgan fingerprint density at radius 1 is 1.80 bits per heavy atom. The molecular formula is C3H6BN. The van der Waals surface area contributed by atoms with Crippen LogP contribution in [-0.2, 0) is 0 Å². The SMILES string of the molecule is BC#CCN. The Labute approximate surface area is 33.0 Å². The highest BCUT2D eigenvalue weighted by atomic mass is 14.5. The van der Waals surface area contributed by atoms with Crippen molar-refractivity contribution in [1.29, 1.82) is 0 Å². The molecule has 0 radical (unpaired) electrons. The fraction of sp³-hybridized carbons (Fsp3) is 0.333. The molecule has 0 aliphatic carbocycles. The molecule has 0 heterocycles. The molecule has 0 amide bonds. The average Bonchev–Trinajstić information content (AvgIpc) is 1.41. The number of hydrogen-bond donors (Lipinski definition) is 1. The van der Waals surface area contributed by atoms with Gasteiger partial charge in [0.2, 0.25) is 0 Å². The van der Waals surface area contributed by atoms with E-state index in [1.54, 1.807) is 7.85 Å². The van der Waals surface area contributed by atoms with Gasteiger partial charge in [-0.1, -0.05) is 0 Å². The zero-order chi connectivity index (χ0) is 4.12. The third-order valence-electron chi connectivity index (χ3n) is 0.279. The summed E-state index contributed by atoms with van der Waals surface area (Å²) in [5.41, 5.74) is 4.97. The minimum Gasteiger partial charge on any atom is -0.320 e. The maximum absolute atomic E-state index is 4.97. The first-order valence-electron chi connectivity index (χ1n) is 1.51. The van der Waals surface area contributed by atoms with Crippen molar-refractivity contribution in [3.05, 3.63) is 0 Å². The summed E-state index contributed by atoms with van der Waals surface area (Å²) in [7, 11) is 1.77. The Morgan fingerprint density at radius 2 is 2.40 bits per heavy atom. The molecule has 0 fully saturated rings. The molecule has 0 atom stereocenters. The molecule has 2 N–H and O–H groups in total. The normalized spacial score (nSPS) is 5.00. The van der Waals surface area contributed by atoms with E-state index in [2.05, 4.69) is 11.7 Å². The van der Waals surface area contributed by atoms with Crippen LogP contribution in [0, 0.1) is 11.7 Å². The molecule has 0 aromatic heterocycles. The van der Waals surface area contributed by atoms with Crippen LogP contribution in [0.2, 0.25) is 0 Å². The van der Waals surface area contributed by atoms with Crippen molar-refractivity contribution in [1.82, 2.24) is 0 Å². The van der Waals surface area contributed by atoms with Crippen molar-refractivity contribution in [3.63, 3.8) is 0 Å². The molecule has 5 heavy (non-hydrogen) atoms. The van der Waals surface area contributed by atoms with Crippen LogP contribution in [0.25, 0.3) is 0 Å². The van der Waals surface area contributed by atoms with Crippen molar-refractivity contribution in [2.45, 2.75) is 0 Å². The first-order valence-corrected chi connectivity index (χ1v) is 1.51. The van der Waals surface area contributed by atoms with Gasteiger partial charge in [-0.2, -0.15) is 5.82 Å². The number of rotatable bonds is 0. The molecule has 0 aliphatic heterocycles. The van der Waals surface area contributed by atoms with Crippen LogP contribution in [-0.4, -0.2) is 14.4 Å². The lowest BCUT2D eigenvalue weighted by Gasteiger charge is -1.61. The summed E-state index contributed by atoms with van der Waals surface area (Å²) in [5.74, 6) is 5.28. The lowest BCUT2D eigenvalue weighted by molar-refractivity contribution is 1.30. The molecular weight excluding hydrogens is 60.9 g/mol. The highest BCUT2D eigenvalue weighted by molar-refractivity contribution is 6.22. The van der Waals surface area contributed by atoms with Crippen molar-refractivity contribution in [3.8, 4) is 11.7 Å². The predicted octanol–water partition coefficient (Wildman–Crippen LogP) is -1.46. The fourth-order valence-corrected chi connectivity index (χ4v) is 0.102. The molecule has 0 unspecified atom stereocenters. The monoisotopic (exact) mass is 67.1 g/mol. The highest BCUT2D eigenvalue weighted by Crippen LogP contribution is 1.34. The quantitative estimate of drug-likeness (QED) is 0.272. The van der Waals surface area contributed by atoms with E-state index in [0.717, 1.165) is 0 Å². The van der Waals surface area contributed by atoms with E-state index in [-0.39, 0.29) is 0 Å². The van der Waals surface area contributed by atoms with Gasteiger partial charge in [0.1, 0.15) is 0 Å². The minimum atomic E-state index is 0.483. The Morgan fingerprint density at radius 3 is 2.40 bits per heavy atom. The summed E-state index contributed by atoms with van der Waals surface area (Å²) in [5, 5.41) is 0. The first kappa shape index (κ1) is 4.58. The molecule has 0 spiro atoms. The van der Waals surface area contributed by atoms with E-state index < -0.39 is 0 Å². The van der Waals surface area contributed by atoms with Gasteiger partial charge < -0.3 is 5.73 Å². The van der Waals surface area contributed by atoms with Gasteiger partial charge in [0, 0.05) is 0 Å². The molecule has 26 valence electrons. The summed E-state index contributed by atoms with van der Waals surface area (Å²) >= 11 is 0. The first-order chi connectivity index (χ1) is 2.41. The van der Waals surface area contributed by atoms with Gasteiger partial charge in [-0.25, -0.2) is 0 Å². The molecule has 0 aromatic rings. The van der Waals surface area contributed by atoms with E-state index in [9.17, 15) is 0 Å². The van der Waals surface area contributed by atoms with Gasteiger partial charge in [-0.3, -0.25) is 0 Å². The maximum atomic E-state index is 4.97. The van der Waals surface area contributed by atoms with E-state index >= 15 is 0 Å². The Hall–Kier alpha value is -0.415. The lowest BCUT2D eigenvalue weighted by Crippen LogP contribution is -1.92. The van der Waals surface area contributed by atoms with Crippen LogP contribution in [0.4, 0.5) is 0 Å². The zero-order valence-electron chi connectivity index (χ0n) is 3.28. The molecule has 0 bridgehead atoms. The second kappa shape index (κ2) is 3.58.